The normalized spacial score (nSPS) is 10.8. The van der Waals surface area contributed by atoms with Crippen molar-refractivity contribution in [2.45, 2.75) is 38.2 Å². The van der Waals surface area contributed by atoms with Crippen molar-refractivity contribution in [3.63, 3.8) is 0 Å². The van der Waals surface area contributed by atoms with E-state index >= 15 is 0 Å². The number of aliphatic hydroxyl groups is 2. The summed E-state index contributed by atoms with van der Waals surface area (Å²) < 4.78 is 4.54. The second-order valence-corrected chi connectivity index (χ2v) is 4.00. The Bertz CT molecular complexity index is 351. The number of esters is 1. The van der Waals surface area contributed by atoms with E-state index in [1.807, 2.05) is 0 Å². The summed E-state index contributed by atoms with van der Waals surface area (Å²) >= 11 is 0. The first kappa shape index (κ1) is 22.1. The monoisotopic (exact) mass is 324 g/mol. The van der Waals surface area contributed by atoms with Gasteiger partial charge in [0.1, 0.15) is 0 Å². The van der Waals surface area contributed by atoms with Crippen LogP contribution >= 0.6 is 0 Å². The standard InChI is InChI=1S/C8H14O6.C4H6O4/c9-3-1-2-4-14-8(13)6(10)5-7(11)12;5-3(6)1-2-4(7)8/h6,9-10H,1-5H2,(H,11,12);1-2H2,(H,5,6)(H,7,8). The molecule has 10 heteroatoms. The zero-order chi connectivity index (χ0) is 17.5. The smallest absolute Gasteiger partial charge is 0.335 e. The number of carboxylic acids is 3. The Balaban J connectivity index is 0. The predicted molar refractivity (Wildman–Crippen MR) is 70.0 cm³/mol. The molecule has 0 spiro atoms. The topological polar surface area (TPSA) is 179 Å². The summed E-state index contributed by atoms with van der Waals surface area (Å²) in [6, 6.07) is 0. The Morgan fingerprint density at radius 1 is 0.864 bits per heavy atom. The molecule has 0 saturated heterocycles. The summed E-state index contributed by atoms with van der Waals surface area (Å²) in [5.41, 5.74) is 0. The zero-order valence-corrected chi connectivity index (χ0v) is 11.8. The first-order valence-electron chi connectivity index (χ1n) is 6.31. The number of aliphatic hydroxyl groups excluding tert-OH is 2. The van der Waals surface area contributed by atoms with E-state index in [-0.39, 0.29) is 26.1 Å². The molecule has 0 saturated carbocycles. The van der Waals surface area contributed by atoms with Crippen LogP contribution in [0.1, 0.15) is 32.1 Å². The number of carbonyl (C=O) groups is 4. The van der Waals surface area contributed by atoms with Gasteiger partial charge in [-0.2, -0.15) is 0 Å². The van der Waals surface area contributed by atoms with Gasteiger partial charge in [0.25, 0.3) is 0 Å². The molecule has 0 aromatic rings. The van der Waals surface area contributed by atoms with Crippen molar-refractivity contribution in [1.82, 2.24) is 0 Å². The third kappa shape index (κ3) is 17.8. The minimum Gasteiger partial charge on any atom is -0.481 e. The molecule has 0 aliphatic rings. The van der Waals surface area contributed by atoms with E-state index in [1.54, 1.807) is 0 Å². The molecule has 0 rings (SSSR count). The number of hydrogen-bond donors (Lipinski definition) is 5. The van der Waals surface area contributed by atoms with E-state index in [4.69, 9.17) is 25.5 Å². The molecule has 1 unspecified atom stereocenters. The van der Waals surface area contributed by atoms with E-state index < -0.39 is 36.4 Å². The number of ether oxygens (including phenoxy) is 1. The largest absolute Gasteiger partial charge is 0.481 e. The summed E-state index contributed by atoms with van der Waals surface area (Å²) in [7, 11) is 0. The Hall–Kier alpha value is -2.20. The Morgan fingerprint density at radius 2 is 1.36 bits per heavy atom. The van der Waals surface area contributed by atoms with Crippen molar-refractivity contribution in [2.24, 2.45) is 0 Å². The Morgan fingerprint density at radius 3 is 1.73 bits per heavy atom. The lowest BCUT2D eigenvalue weighted by Gasteiger charge is -2.07. The van der Waals surface area contributed by atoms with Crippen LogP contribution in [0.5, 0.6) is 0 Å². The van der Waals surface area contributed by atoms with E-state index in [2.05, 4.69) is 4.74 Å². The predicted octanol–water partition coefficient (Wildman–Crippen LogP) is -0.926. The SMILES string of the molecule is O=C(O)CC(O)C(=O)OCCCCO.O=C(O)CCC(=O)O. The minimum atomic E-state index is -1.61. The van der Waals surface area contributed by atoms with Gasteiger partial charge in [0.15, 0.2) is 6.10 Å². The van der Waals surface area contributed by atoms with Crippen LogP contribution in [0.3, 0.4) is 0 Å². The molecule has 0 aliphatic carbocycles. The van der Waals surface area contributed by atoms with E-state index in [1.165, 1.54) is 0 Å². The maximum Gasteiger partial charge on any atom is 0.335 e. The number of aliphatic carboxylic acids is 3. The molecular formula is C12H20O10. The molecule has 0 heterocycles. The average Bonchev–Trinajstić information content (AvgIpc) is 2.41. The maximum absolute atomic E-state index is 10.8. The number of rotatable bonds is 10. The lowest BCUT2D eigenvalue weighted by atomic mass is 10.2. The van der Waals surface area contributed by atoms with Crippen molar-refractivity contribution in [3.8, 4) is 0 Å². The van der Waals surface area contributed by atoms with Gasteiger partial charge in [-0.15, -0.1) is 0 Å². The van der Waals surface area contributed by atoms with Crippen LogP contribution in [0, 0.1) is 0 Å². The Labute approximate surface area is 125 Å². The molecule has 0 bridgehead atoms. The van der Waals surface area contributed by atoms with E-state index in [0.717, 1.165) is 0 Å². The van der Waals surface area contributed by atoms with Gasteiger partial charge in [0.2, 0.25) is 0 Å². The second kappa shape index (κ2) is 13.8. The van der Waals surface area contributed by atoms with Crippen molar-refractivity contribution < 1.29 is 49.4 Å². The first-order valence-corrected chi connectivity index (χ1v) is 6.31. The van der Waals surface area contributed by atoms with Gasteiger partial charge in [0.05, 0.1) is 25.9 Å². The van der Waals surface area contributed by atoms with Crippen LogP contribution in [0.15, 0.2) is 0 Å². The summed E-state index contributed by atoms with van der Waals surface area (Å²) in [6.45, 7) is 0.0886. The third-order valence-electron chi connectivity index (χ3n) is 1.99. The van der Waals surface area contributed by atoms with Gasteiger partial charge in [0, 0.05) is 6.61 Å². The molecule has 10 nitrogen and oxygen atoms in total. The Kier molecular flexibility index (Phi) is 13.8. The highest BCUT2D eigenvalue weighted by Gasteiger charge is 2.19. The number of carboxylic acid groups (broad SMARTS) is 3. The van der Waals surface area contributed by atoms with Gasteiger partial charge in [-0.25, -0.2) is 4.79 Å². The highest BCUT2D eigenvalue weighted by atomic mass is 16.5. The van der Waals surface area contributed by atoms with Crippen molar-refractivity contribution in [1.29, 1.82) is 0 Å². The fourth-order valence-corrected chi connectivity index (χ4v) is 0.945. The zero-order valence-electron chi connectivity index (χ0n) is 11.8. The van der Waals surface area contributed by atoms with Crippen molar-refractivity contribution in [2.75, 3.05) is 13.2 Å². The number of hydrogen-bond acceptors (Lipinski definition) is 7. The molecule has 0 radical (unpaired) electrons. The molecule has 0 aromatic carbocycles. The minimum absolute atomic E-state index is 0.00916. The fourth-order valence-electron chi connectivity index (χ4n) is 0.945. The van der Waals surface area contributed by atoms with Crippen molar-refractivity contribution >= 4 is 23.9 Å². The highest BCUT2D eigenvalue weighted by molar-refractivity contribution is 5.80. The second-order valence-electron chi connectivity index (χ2n) is 4.00. The van der Waals surface area contributed by atoms with Crippen LogP contribution in [0.25, 0.3) is 0 Å². The molecule has 0 aliphatic heterocycles. The fraction of sp³-hybridized carbons (Fsp3) is 0.667. The highest BCUT2D eigenvalue weighted by Crippen LogP contribution is 1.97. The van der Waals surface area contributed by atoms with Gasteiger partial charge >= 0.3 is 23.9 Å². The van der Waals surface area contributed by atoms with Crippen LogP contribution in [-0.2, 0) is 23.9 Å². The van der Waals surface area contributed by atoms with Gasteiger partial charge < -0.3 is 30.3 Å². The molecule has 5 N–H and O–H groups in total. The molecule has 1 atom stereocenters. The molecule has 0 fully saturated rings. The number of carbonyl (C=O) groups excluding carboxylic acids is 1. The average molecular weight is 324 g/mol. The first-order chi connectivity index (χ1) is 10.2. The van der Waals surface area contributed by atoms with Gasteiger partial charge in [-0.1, -0.05) is 0 Å². The van der Waals surface area contributed by atoms with Gasteiger partial charge in [-0.05, 0) is 12.8 Å². The lowest BCUT2D eigenvalue weighted by Crippen LogP contribution is -2.26. The molecule has 22 heavy (non-hydrogen) atoms. The quantitative estimate of drug-likeness (QED) is 0.249. The van der Waals surface area contributed by atoms with Crippen LogP contribution in [0.4, 0.5) is 0 Å². The van der Waals surface area contributed by atoms with E-state index in [0.29, 0.717) is 12.8 Å². The van der Waals surface area contributed by atoms with Crippen LogP contribution in [0.2, 0.25) is 0 Å². The summed E-state index contributed by atoms with van der Waals surface area (Å²) in [6.07, 6.45) is -1.87. The summed E-state index contributed by atoms with van der Waals surface area (Å²) in [5.74, 6) is -4.35. The molecule has 128 valence electrons. The summed E-state index contributed by atoms with van der Waals surface area (Å²) in [4.78, 5) is 40.2. The van der Waals surface area contributed by atoms with Crippen molar-refractivity contribution in [3.05, 3.63) is 0 Å². The lowest BCUT2D eigenvalue weighted by molar-refractivity contribution is -0.158. The van der Waals surface area contributed by atoms with E-state index in [9.17, 15) is 19.2 Å². The molecule has 0 aromatic heterocycles. The third-order valence-corrected chi connectivity index (χ3v) is 1.99. The molecule has 0 amide bonds. The van der Waals surface area contributed by atoms with Crippen LogP contribution < -0.4 is 0 Å². The van der Waals surface area contributed by atoms with Gasteiger partial charge in [-0.3, -0.25) is 14.4 Å². The summed E-state index contributed by atoms with van der Waals surface area (Å²) in [5, 5.41) is 41.4. The van der Waals surface area contributed by atoms with Crippen LogP contribution in [-0.4, -0.2) is 68.7 Å². The molecular weight excluding hydrogens is 304 g/mol. The number of unbranched alkanes of at least 4 members (excludes halogenated alkanes) is 1. The maximum atomic E-state index is 10.8.